The maximum absolute atomic E-state index is 12.1. The summed E-state index contributed by atoms with van der Waals surface area (Å²) in [4.78, 5) is 13.0. The Hall–Kier alpha value is -1.56. The topological polar surface area (TPSA) is 50.4 Å². The fourth-order valence-electron chi connectivity index (χ4n) is 2.22. The molecule has 2 N–H and O–H groups in total. The van der Waals surface area contributed by atoms with Gasteiger partial charge in [0.05, 0.1) is 10.9 Å². The third-order valence-electron chi connectivity index (χ3n) is 3.65. The van der Waals surface area contributed by atoms with Crippen molar-refractivity contribution in [2.24, 2.45) is 0 Å². The van der Waals surface area contributed by atoms with Crippen molar-refractivity contribution >= 4 is 34.7 Å². The fourth-order valence-corrected chi connectivity index (χ4v) is 3.35. The van der Waals surface area contributed by atoms with Gasteiger partial charge in [0.1, 0.15) is 6.10 Å². The Kier molecular flexibility index (Phi) is 6.27. The van der Waals surface area contributed by atoms with E-state index in [2.05, 4.69) is 31.4 Å². The van der Waals surface area contributed by atoms with Gasteiger partial charge in [-0.25, -0.2) is 4.79 Å². The van der Waals surface area contributed by atoms with Crippen LogP contribution in [-0.2, 0) is 10.2 Å². The van der Waals surface area contributed by atoms with Crippen LogP contribution >= 0.6 is 22.9 Å². The van der Waals surface area contributed by atoms with E-state index in [9.17, 15) is 4.79 Å². The highest BCUT2D eigenvalue weighted by molar-refractivity contribution is 7.16. The van der Waals surface area contributed by atoms with Crippen molar-refractivity contribution in [1.29, 1.82) is 0 Å². The SMILES string of the molecule is COC(CNC(=O)Nc1ccc(C(C)(C)C)cc1)c1ccc(Cl)s1. The van der Waals surface area contributed by atoms with Gasteiger partial charge in [0, 0.05) is 17.7 Å². The van der Waals surface area contributed by atoms with E-state index in [-0.39, 0.29) is 17.6 Å². The molecule has 0 aliphatic carbocycles. The molecule has 0 saturated heterocycles. The van der Waals surface area contributed by atoms with Crippen molar-refractivity contribution in [1.82, 2.24) is 5.32 Å². The van der Waals surface area contributed by atoms with Gasteiger partial charge in [-0.1, -0.05) is 44.5 Å². The molecule has 6 heteroatoms. The van der Waals surface area contributed by atoms with E-state index in [0.29, 0.717) is 10.9 Å². The predicted molar refractivity (Wildman–Crippen MR) is 101 cm³/mol. The molecule has 2 aromatic rings. The number of amides is 2. The van der Waals surface area contributed by atoms with Crippen LogP contribution < -0.4 is 10.6 Å². The number of urea groups is 1. The van der Waals surface area contributed by atoms with Crippen LogP contribution in [0.2, 0.25) is 4.34 Å². The minimum Gasteiger partial charge on any atom is -0.374 e. The van der Waals surface area contributed by atoms with Crippen LogP contribution in [0.3, 0.4) is 0 Å². The third kappa shape index (κ3) is 5.23. The van der Waals surface area contributed by atoms with Gasteiger partial charge in [-0.2, -0.15) is 0 Å². The van der Waals surface area contributed by atoms with Crippen LogP contribution in [0.5, 0.6) is 0 Å². The zero-order valence-corrected chi connectivity index (χ0v) is 15.9. The van der Waals surface area contributed by atoms with Gasteiger partial charge >= 0.3 is 6.03 Å². The lowest BCUT2D eigenvalue weighted by molar-refractivity contribution is 0.107. The Bertz CT molecular complexity index is 677. The lowest BCUT2D eigenvalue weighted by atomic mass is 9.87. The number of methoxy groups -OCH3 is 1. The number of carbonyl (C=O) groups excluding carboxylic acids is 1. The van der Waals surface area contributed by atoms with E-state index < -0.39 is 0 Å². The van der Waals surface area contributed by atoms with Crippen molar-refractivity contribution in [2.45, 2.75) is 32.3 Å². The number of hydrogen-bond acceptors (Lipinski definition) is 3. The smallest absolute Gasteiger partial charge is 0.319 e. The van der Waals surface area contributed by atoms with Crippen molar-refractivity contribution in [3.05, 3.63) is 51.2 Å². The lowest BCUT2D eigenvalue weighted by Crippen LogP contribution is -2.32. The second kappa shape index (κ2) is 8.01. The second-order valence-corrected chi connectivity index (χ2v) is 8.28. The highest BCUT2D eigenvalue weighted by Gasteiger charge is 2.15. The van der Waals surface area contributed by atoms with Crippen molar-refractivity contribution in [3.8, 4) is 0 Å². The number of halogens is 1. The number of anilines is 1. The Morgan fingerprint density at radius 2 is 1.88 bits per heavy atom. The van der Waals surface area contributed by atoms with E-state index in [1.165, 1.54) is 16.9 Å². The van der Waals surface area contributed by atoms with Gasteiger partial charge in [-0.05, 0) is 35.2 Å². The molecule has 1 atom stereocenters. The molecule has 0 aliphatic rings. The molecule has 1 aromatic heterocycles. The molecule has 0 radical (unpaired) electrons. The molecular formula is C18H23ClN2O2S. The summed E-state index contributed by atoms with van der Waals surface area (Å²) in [6.45, 7) is 6.84. The molecule has 130 valence electrons. The molecule has 0 fully saturated rings. The number of carbonyl (C=O) groups is 1. The van der Waals surface area contributed by atoms with Gasteiger partial charge in [0.25, 0.3) is 0 Å². The maximum atomic E-state index is 12.1. The van der Waals surface area contributed by atoms with Crippen LogP contribution in [0.1, 0.15) is 37.3 Å². The number of rotatable bonds is 5. The first kappa shape index (κ1) is 18.8. The normalized spacial score (nSPS) is 12.7. The van der Waals surface area contributed by atoms with E-state index in [4.69, 9.17) is 16.3 Å². The lowest BCUT2D eigenvalue weighted by Gasteiger charge is -2.19. The van der Waals surface area contributed by atoms with Gasteiger partial charge in [0.2, 0.25) is 0 Å². The first-order chi connectivity index (χ1) is 11.3. The second-order valence-electron chi connectivity index (χ2n) is 6.53. The summed E-state index contributed by atoms with van der Waals surface area (Å²) in [5, 5.41) is 5.65. The molecule has 0 aliphatic heterocycles. The molecule has 1 heterocycles. The van der Waals surface area contributed by atoms with Gasteiger partial charge in [-0.3, -0.25) is 0 Å². The molecule has 1 aromatic carbocycles. The minimum atomic E-state index is -0.261. The molecule has 4 nitrogen and oxygen atoms in total. The monoisotopic (exact) mass is 366 g/mol. The van der Waals surface area contributed by atoms with Crippen LogP contribution in [-0.4, -0.2) is 19.7 Å². The Morgan fingerprint density at radius 1 is 1.21 bits per heavy atom. The van der Waals surface area contributed by atoms with Crippen LogP contribution in [0, 0.1) is 0 Å². The van der Waals surface area contributed by atoms with Gasteiger partial charge in [0.15, 0.2) is 0 Å². The van der Waals surface area contributed by atoms with E-state index >= 15 is 0 Å². The summed E-state index contributed by atoms with van der Waals surface area (Å²) in [5.74, 6) is 0. The summed E-state index contributed by atoms with van der Waals surface area (Å²) >= 11 is 7.39. The zero-order valence-electron chi connectivity index (χ0n) is 14.4. The molecule has 2 amide bonds. The van der Waals surface area contributed by atoms with Crippen molar-refractivity contribution in [3.63, 3.8) is 0 Å². The average molecular weight is 367 g/mol. The first-order valence-electron chi connectivity index (χ1n) is 7.73. The summed E-state index contributed by atoms with van der Waals surface area (Å²) in [5.41, 5.74) is 2.07. The van der Waals surface area contributed by atoms with E-state index in [0.717, 1.165) is 10.6 Å². The number of ether oxygens (including phenoxy) is 1. The molecule has 2 rings (SSSR count). The molecule has 1 unspecified atom stereocenters. The summed E-state index contributed by atoms with van der Waals surface area (Å²) in [7, 11) is 1.61. The van der Waals surface area contributed by atoms with Gasteiger partial charge < -0.3 is 15.4 Å². The number of benzene rings is 1. The highest BCUT2D eigenvalue weighted by atomic mass is 35.5. The molecule has 0 saturated carbocycles. The zero-order chi connectivity index (χ0) is 17.7. The van der Waals surface area contributed by atoms with Crippen molar-refractivity contribution < 1.29 is 9.53 Å². The largest absolute Gasteiger partial charge is 0.374 e. The number of thiophene rings is 1. The summed E-state index contributed by atoms with van der Waals surface area (Å²) in [6.07, 6.45) is -0.212. The van der Waals surface area contributed by atoms with Crippen LogP contribution in [0.4, 0.5) is 10.5 Å². The van der Waals surface area contributed by atoms with Crippen LogP contribution in [0.25, 0.3) is 0 Å². The number of nitrogens with one attached hydrogen (secondary N) is 2. The summed E-state index contributed by atoms with van der Waals surface area (Å²) < 4.78 is 6.12. The summed E-state index contributed by atoms with van der Waals surface area (Å²) in [6, 6.07) is 11.3. The fraction of sp³-hybridized carbons (Fsp3) is 0.389. The Labute approximate surface area is 152 Å². The standard InChI is InChI=1S/C18H23ClN2O2S/c1-18(2,3)12-5-7-13(8-6-12)21-17(22)20-11-14(23-4)15-9-10-16(19)24-15/h5-10,14H,11H2,1-4H3,(H2,20,21,22). The third-order valence-corrected chi connectivity index (χ3v) is 4.98. The van der Waals surface area contributed by atoms with E-state index in [1.807, 2.05) is 36.4 Å². The molecular weight excluding hydrogens is 344 g/mol. The van der Waals surface area contributed by atoms with Crippen LogP contribution in [0.15, 0.2) is 36.4 Å². The van der Waals surface area contributed by atoms with Gasteiger partial charge in [-0.15, -0.1) is 11.3 Å². The molecule has 0 bridgehead atoms. The molecule has 24 heavy (non-hydrogen) atoms. The maximum Gasteiger partial charge on any atom is 0.319 e. The number of hydrogen-bond donors (Lipinski definition) is 2. The minimum absolute atomic E-state index is 0.0917. The van der Waals surface area contributed by atoms with Crippen molar-refractivity contribution in [2.75, 3.05) is 19.0 Å². The predicted octanol–water partition coefficient (Wildman–Crippen LogP) is 5.21. The molecule has 0 spiro atoms. The van der Waals surface area contributed by atoms with E-state index in [1.54, 1.807) is 7.11 Å². The first-order valence-corrected chi connectivity index (χ1v) is 8.92. The Morgan fingerprint density at radius 3 is 2.38 bits per heavy atom. The average Bonchev–Trinajstić information content (AvgIpc) is 2.94. The Balaban J connectivity index is 1.88. The highest BCUT2D eigenvalue weighted by Crippen LogP contribution is 2.28. The quantitative estimate of drug-likeness (QED) is 0.763.